The normalized spacial score (nSPS) is 20.8. The Balaban J connectivity index is 0.000000131. The summed E-state index contributed by atoms with van der Waals surface area (Å²) < 4.78 is 7.86. The molecule has 584 valence electrons. The molecule has 0 spiro atoms. The minimum absolute atomic E-state index is 0.0102. The van der Waals surface area contributed by atoms with Crippen LogP contribution in [0.2, 0.25) is 20.1 Å². The number of aryl methyl sites for hydroxylation is 4. The molecule has 16 rings (SSSR count). The van der Waals surface area contributed by atoms with E-state index in [4.69, 9.17) is 46.4 Å². The van der Waals surface area contributed by atoms with Crippen LogP contribution in [0.3, 0.4) is 0 Å². The fourth-order valence-electron chi connectivity index (χ4n) is 17.2. The third-order valence-electron chi connectivity index (χ3n) is 24.3. The summed E-state index contributed by atoms with van der Waals surface area (Å²) in [5, 5.41) is 14.7. The predicted molar refractivity (Wildman–Crippen MR) is 450 cm³/mol. The standard InChI is InChI=1S/4C22H25ClN4O/c4*1-14(22(28)26-18-9-7-17(23)8-10-18)15-3-5-16(6-4-15)19-11-12-24-21-20(19)25-13-27(21)2/h4*7-16H,3-6H2,1-2H3,(H,26,28)/t4*14-,15?,16?/m1100/s1. The highest BCUT2D eigenvalue weighted by molar-refractivity contribution is 6.31. The quantitative estimate of drug-likeness (QED) is 0.0706. The number of pyridine rings is 4. The molecule has 4 fully saturated rings. The first-order valence-electron chi connectivity index (χ1n) is 39.4. The Kier molecular flexibility index (Phi) is 26.5. The minimum Gasteiger partial charge on any atom is -0.326 e. The van der Waals surface area contributed by atoms with E-state index in [9.17, 15) is 19.2 Å². The molecule has 112 heavy (non-hydrogen) atoms. The summed E-state index contributed by atoms with van der Waals surface area (Å²) >= 11 is 23.6. The summed E-state index contributed by atoms with van der Waals surface area (Å²) in [4.78, 5) is 86.7. The number of rotatable bonds is 16. The summed E-state index contributed by atoms with van der Waals surface area (Å²) in [5.41, 5.74) is 16.2. The van der Waals surface area contributed by atoms with E-state index in [2.05, 4.69) is 85.4 Å². The van der Waals surface area contributed by atoms with Gasteiger partial charge in [-0.2, -0.15) is 0 Å². The number of halogens is 4. The average Bonchev–Trinajstić information content (AvgIpc) is 1.58. The number of carbonyl (C=O) groups excluding carboxylic acids is 4. The summed E-state index contributed by atoms with van der Waals surface area (Å²) in [6.45, 7) is 8.17. The number of imidazole rings is 4. The van der Waals surface area contributed by atoms with Crippen molar-refractivity contribution >= 4 is 137 Å². The summed E-state index contributed by atoms with van der Waals surface area (Å²) in [6.07, 6.45) is 31.9. The lowest BCUT2D eigenvalue weighted by atomic mass is 9.74. The van der Waals surface area contributed by atoms with E-state index in [1.54, 1.807) is 48.5 Å². The van der Waals surface area contributed by atoms with Crippen molar-refractivity contribution in [2.45, 2.75) is 154 Å². The molecule has 0 saturated heterocycles. The number of amides is 4. The van der Waals surface area contributed by atoms with Gasteiger partial charge in [-0.05, 0) is 294 Å². The number of nitrogens with one attached hydrogen (secondary N) is 4. The third kappa shape index (κ3) is 19.4. The van der Waals surface area contributed by atoms with Crippen LogP contribution in [0.5, 0.6) is 0 Å². The molecule has 24 heteroatoms. The van der Waals surface area contributed by atoms with E-state index >= 15 is 0 Å². The first-order valence-corrected chi connectivity index (χ1v) is 40.9. The smallest absolute Gasteiger partial charge is 0.227 e. The monoisotopic (exact) mass is 1580 g/mol. The topological polar surface area (TPSA) is 239 Å². The van der Waals surface area contributed by atoms with Crippen molar-refractivity contribution < 1.29 is 19.2 Å². The van der Waals surface area contributed by atoms with Crippen LogP contribution in [0.1, 0.15) is 176 Å². The number of fused-ring (bicyclic) bond motifs is 4. The number of anilines is 4. The van der Waals surface area contributed by atoms with Crippen LogP contribution in [-0.2, 0) is 47.4 Å². The van der Waals surface area contributed by atoms with Crippen molar-refractivity contribution in [3.05, 3.63) is 214 Å². The highest BCUT2D eigenvalue weighted by Crippen LogP contribution is 2.45. The summed E-state index contributed by atoms with van der Waals surface area (Å²) in [7, 11) is 7.90. The maximum atomic E-state index is 12.7. The van der Waals surface area contributed by atoms with Crippen LogP contribution in [0, 0.1) is 47.3 Å². The number of hydrogen-bond acceptors (Lipinski definition) is 12. The number of nitrogens with zero attached hydrogens (tertiary/aromatic N) is 12. The Morgan fingerprint density at radius 2 is 0.464 bits per heavy atom. The van der Waals surface area contributed by atoms with Gasteiger partial charge in [0.1, 0.15) is 22.1 Å². The highest BCUT2D eigenvalue weighted by Gasteiger charge is 2.36. The van der Waals surface area contributed by atoms with Crippen LogP contribution < -0.4 is 21.3 Å². The molecule has 4 aliphatic rings. The zero-order valence-corrected chi connectivity index (χ0v) is 67.9. The van der Waals surface area contributed by atoms with E-state index in [1.165, 1.54) is 22.3 Å². The Hall–Kier alpha value is -9.60. The predicted octanol–water partition coefficient (Wildman–Crippen LogP) is 20.7. The molecule has 4 N–H and O–H groups in total. The lowest BCUT2D eigenvalue weighted by molar-refractivity contribution is -0.122. The molecular weight excluding hydrogens is 1490 g/mol. The molecule has 0 aliphatic heterocycles. The van der Waals surface area contributed by atoms with Crippen molar-refractivity contribution in [2.75, 3.05) is 21.3 Å². The third-order valence-corrected chi connectivity index (χ3v) is 25.3. The van der Waals surface area contributed by atoms with E-state index < -0.39 is 0 Å². The molecule has 4 saturated carbocycles. The number of carbonyl (C=O) groups is 4. The second kappa shape index (κ2) is 36.9. The molecule has 0 radical (unpaired) electrons. The van der Waals surface area contributed by atoms with E-state index in [1.807, 2.05) is 173 Å². The average molecular weight is 1590 g/mol. The van der Waals surface area contributed by atoms with Crippen LogP contribution in [0.15, 0.2) is 171 Å². The number of benzene rings is 4. The van der Waals surface area contributed by atoms with Crippen LogP contribution in [0.25, 0.3) is 44.7 Å². The van der Waals surface area contributed by atoms with Gasteiger partial charge in [0.2, 0.25) is 23.6 Å². The van der Waals surface area contributed by atoms with Gasteiger partial charge >= 0.3 is 0 Å². The number of hydrogen-bond donors (Lipinski definition) is 4. The van der Waals surface area contributed by atoms with Crippen molar-refractivity contribution in [1.82, 2.24) is 58.1 Å². The van der Waals surface area contributed by atoms with Gasteiger partial charge in [-0.25, -0.2) is 39.9 Å². The number of aromatic nitrogens is 12. The van der Waals surface area contributed by atoms with E-state index in [-0.39, 0.29) is 47.3 Å². The Morgan fingerprint density at radius 3 is 0.643 bits per heavy atom. The van der Waals surface area contributed by atoms with Crippen LogP contribution in [0.4, 0.5) is 22.7 Å². The minimum atomic E-state index is -0.0102. The zero-order valence-electron chi connectivity index (χ0n) is 64.9. The molecule has 8 aromatic heterocycles. The maximum Gasteiger partial charge on any atom is 0.227 e. The Morgan fingerprint density at radius 1 is 0.286 bits per heavy atom. The summed E-state index contributed by atoms with van der Waals surface area (Å²) in [5.74, 6) is 3.88. The van der Waals surface area contributed by atoms with Crippen molar-refractivity contribution in [1.29, 1.82) is 0 Å². The zero-order chi connectivity index (χ0) is 78.7. The molecule has 4 aliphatic carbocycles. The fraction of sp³-hybridized carbons (Fsp3) is 0.409. The SMILES string of the molecule is C[C@@H](C(=O)Nc1ccc(Cl)cc1)C1CCC(c2ccnc3c2ncn3C)CC1.C[C@@H](C(=O)Nc1ccc(Cl)cc1)C1CCC(c2ccnc3c2ncn3C)CC1.C[C@H](C(=O)Nc1ccc(Cl)cc1)C1CCC(c2ccnc3c2ncn3C)CC1.C[C@H](C(=O)Nc1ccc(Cl)cc1)C1CCC(c2ccnc3c2ncn3C)CC1. The van der Waals surface area contributed by atoms with Crippen molar-refractivity contribution in [3.63, 3.8) is 0 Å². The first-order chi connectivity index (χ1) is 54.1. The lowest BCUT2D eigenvalue weighted by Crippen LogP contribution is -2.29. The van der Waals surface area contributed by atoms with Gasteiger partial charge in [0.05, 0.1) is 25.3 Å². The molecule has 0 bridgehead atoms. The molecule has 4 amide bonds. The maximum absolute atomic E-state index is 12.7. The molecule has 12 aromatic rings. The summed E-state index contributed by atoms with van der Waals surface area (Å²) in [6, 6.07) is 37.5. The molecule has 20 nitrogen and oxygen atoms in total. The lowest BCUT2D eigenvalue weighted by Gasteiger charge is -2.32. The second-order valence-electron chi connectivity index (χ2n) is 31.3. The van der Waals surface area contributed by atoms with Gasteiger partial charge in [0.25, 0.3) is 0 Å². The molecule has 8 heterocycles. The van der Waals surface area contributed by atoms with Crippen molar-refractivity contribution in [3.8, 4) is 0 Å². The van der Waals surface area contributed by atoms with Gasteiger partial charge in [0, 0.05) is 119 Å². The van der Waals surface area contributed by atoms with Gasteiger partial charge in [-0.15, -0.1) is 0 Å². The fourth-order valence-corrected chi connectivity index (χ4v) is 17.7. The molecule has 4 aromatic carbocycles. The highest BCUT2D eigenvalue weighted by atomic mass is 35.5. The van der Waals surface area contributed by atoms with E-state index in [0.29, 0.717) is 67.4 Å². The van der Waals surface area contributed by atoms with Gasteiger partial charge in [-0.1, -0.05) is 74.1 Å². The first kappa shape index (κ1) is 80.4. The van der Waals surface area contributed by atoms with Gasteiger partial charge in [0.15, 0.2) is 22.6 Å². The second-order valence-corrected chi connectivity index (χ2v) is 33.0. The molecule has 4 atom stereocenters. The van der Waals surface area contributed by atoms with Crippen molar-refractivity contribution in [2.24, 2.45) is 75.5 Å². The van der Waals surface area contributed by atoms with E-state index in [0.717, 1.165) is 170 Å². The Labute approximate surface area is 675 Å². The van der Waals surface area contributed by atoms with Crippen LogP contribution >= 0.6 is 46.4 Å². The molecule has 0 unspecified atom stereocenters. The molecular formula is C88H100Cl4N16O4. The van der Waals surface area contributed by atoms with Crippen LogP contribution in [-0.4, -0.2) is 81.8 Å². The Bertz CT molecular complexity index is 4540. The van der Waals surface area contributed by atoms with Gasteiger partial charge in [-0.3, -0.25) is 19.2 Å². The van der Waals surface area contributed by atoms with Gasteiger partial charge < -0.3 is 39.5 Å². The largest absolute Gasteiger partial charge is 0.326 e.